The highest BCUT2D eigenvalue weighted by Gasteiger charge is 2.17. The van der Waals surface area contributed by atoms with Gasteiger partial charge in [0.1, 0.15) is 0 Å². The molecular formula is C22H28N4O3S. The summed E-state index contributed by atoms with van der Waals surface area (Å²) in [6, 6.07) is 12.9. The Morgan fingerprint density at radius 1 is 1.17 bits per heavy atom. The van der Waals surface area contributed by atoms with Gasteiger partial charge in [-0.15, -0.1) is 0 Å². The number of amides is 3. The molecule has 8 heteroatoms. The molecule has 1 aromatic carbocycles. The first-order valence-corrected chi connectivity index (χ1v) is 11.2. The van der Waals surface area contributed by atoms with Crippen LogP contribution < -0.4 is 5.32 Å². The van der Waals surface area contributed by atoms with Gasteiger partial charge in [0.2, 0.25) is 5.91 Å². The van der Waals surface area contributed by atoms with Gasteiger partial charge < -0.3 is 19.9 Å². The molecule has 1 fully saturated rings. The zero-order valence-electron chi connectivity index (χ0n) is 17.3. The third-order valence-electron chi connectivity index (χ3n) is 4.86. The second-order valence-corrected chi connectivity index (χ2v) is 8.26. The van der Waals surface area contributed by atoms with Crippen LogP contribution >= 0.6 is 11.8 Å². The molecule has 3 rings (SSSR count). The van der Waals surface area contributed by atoms with E-state index in [1.54, 1.807) is 18.2 Å². The quantitative estimate of drug-likeness (QED) is 0.700. The molecule has 30 heavy (non-hydrogen) atoms. The number of carbonyl (C=O) groups is 2. The molecule has 0 radical (unpaired) electrons. The Morgan fingerprint density at radius 3 is 2.60 bits per heavy atom. The van der Waals surface area contributed by atoms with Gasteiger partial charge in [0, 0.05) is 50.1 Å². The van der Waals surface area contributed by atoms with Gasteiger partial charge in [0.15, 0.2) is 0 Å². The minimum Gasteiger partial charge on any atom is -0.383 e. The summed E-state index contributed by atoms with van der Waals surface area (Å²) in [6.07, 6.45) is 2.10. The molecule has 2 aromatic rings. The third kappa shape index (κ3) is 6.74. The van der Waals surface area contributed by atoms with Crippen molar-refractivity contribution in [3.8, 4) is 0 Å². The standard InChI is InChI=1S/C22H28N4O3S/c1-29-13-10-26(17-20-4-2-3-9-23-20)22(28)24-19-7-5-18(6-8-19)16-21(27)25-11-14-30-15-12-25/h2-9H,10-17H2,1H3,(H,24,28). The van der Waals surface area contributed by atoms with Gasteiger partial charge in [0.25, 0.3) is 0 Å². The zero-order valence-corrected chi connectivity index (χ0v) is 18.1. The van der Waals surface area contributed by atoms with Crippen LogP contribution in [0.15, 0.2) is 48.7 Å². The number of aromatic nitrogens is 1. The maximum Gasteiger partial charge on any atom is 0.322 e. The summed E-state index contributed by atoms with van der Waals surface area (Å²) in [5.41, 5.74) is 2.45. The van der Waals surface area contributed by atoms with Crippen LogP contribution in [-0.2, 0) is 22.5 Å². The topological polar surface area (TPSA) is 74.8 Å². The molecule has 0 unspecified atom stereocenters. The van der Waals surface area contributed by atoms with Crippen LogP contribution in [0.1, 0.15) is 11.3 Å². The van der Waals surface area contributed by atoms with Crippen LogP contribution in [0.5, 0.6) is 0 Å². The van der Waals surface area contributed by atoms with E-state index in [1.165, 1.54) is 0 Å². The number of anilines is 1. The van der Waals surface area contributed by atoms with Crippen LogP contribution in [0, 0.1) is 0 Å². The largest absolute Gasteiger partial charge is 0.383 e. The predicted octanol–water partition coefficient (Wildman–Crippen LogP) is 2.88. The zero-order chi connectivity index (χ0) is 21.2. The van der Waals surface area contributed by atoms with Crippen LogP contribution in [0.25, 0.3) is 0 Å². The Morgan fingerprint density at radius 2 is 1.93 bits per heavy atom. The predicted molar refractivity (Wildman–Crippen MR) is 120 cm³/mol. The van der Waals surface area contributed by atoms with E-state index in [2.05, 4.69) is 10.3 Å². The van der Waals surface area contributed by atoms with E-state index < -0.39 is 0 Å². The number of nitrogens with one attached hydrogen (secondary N) is 1. The number of rotatable bonds is 8. The number of methoxy groups -OCH3 is 1. The summed E-state index contributed by atoms with van der Waals surface area (Å²) < 4.78 is 5.13. The molecule has 3 amide bonds. The van der Waals surface area contributed by atoms with E-state index >= 15 is 0 Å². The molecule has 1 aliphatic rings. The minimum atomic E-state index is -0.215. The maximum absolute atomic E-state index is 12.8. The second-order valence-electron chi connectivity index (χ2n) is 7.03. The first-order valence-electron chi connectivity index (χ1n) is 10.0. The molecule has 0 aliphatic carbocycles. The smallest absolute Gasteiger partial charge is 0.322 e. The number of pyridine rings is 1. The van der Waals surface area contributed by atoms with E-state index in [0.717, 1.165) is 35.9 Å². The monoisotopic (exact) mass is 428 g/mol. The van der Waals surface area contributed by atoms with Gasteiger partial charge in [-0.1, -0.05) is 18.2 Å². The first-order chi connectivity index (χ1) is 14.7. The number of hydrogen-bond acceptors (Lipinski definition) is 5. The maximum atomic E-state index is 12.8. The van der Waals surface area contributed by atoms with Crippen molar-refractivity contribution in [2.75, 3.05) is 50.2 Å². The molecule has 1 N–H and O–H groups in total. The molecular weight excluding hydrogens is 400 g/mol. The summed E-state index contributed by atoms with van der Waals surface area (Å²) in [6.45, 7) is 2.95. The normalized spacial score (nSPS) is 13.7. The van der Waals surface area contributed by atoms with Crippen molar-refractivity contribution in [3.63, 3.8) is 0 Å². The Labute approximate surface area is 181 Å². The first kappa shape index (κ1) is 22.1. The summed E-state index contributed by atoms with van der Waals surface area (Å²) in [5, 5.41) is 2.92. The summed E-state index contributed by atoms with van der Waals surface area (Å²) >= 11 is 1.89. The third-order valence-corrected chi connectivity index (χ3v) is 5.80. The van der Waals surface area contributed by atoms with Crippen molar-refractivity contribution >= 4 is 29.4 Å². The van der Waals surface area contributed by atoms with Gasteiger partial charge >= 0.3 is 6.03 Å². The number of hydrogen-bond donors (Lipinski definition) is 1. The van der Waals surface area contributed by atoms with Crippen molar-refractivity contribution in [1.82, 2.24) is 14.8 Å². The Balaban J connectivity index is 1.56. The Bertz CT molecular complexity index is 811. The highest BCUT2D eigenvalue weighted by atomic mass is 32.2. The Kier molecular flexibility index (Phi) is 8.53. The molecule has 1 aliphatic heterocycles. The van der Waals surface area contributed by atoms with Gasteiger partial charge in [0.05, 0.1) is 25.3 Å². The van der Waals surface area contributed by atoms with E-state index in [0.29, 0.717) is 31.8 Å². The van der Waals surface area contributed by atoms with E-state index in [1.807, 2.05) is 59.1 Å². The molecule has 0 spiro atoms. The lowest BCUT2D eigenvalue weighted by molar-refractivity contribution is -0.130. The fourth-order valence-electron chi connectivity index (χ4n) is 3.15. The molecule has 0 atom stereocenters. The highest BCUT2D eigenvalue weighted by molar-refractivity contribution is 7.99. The summed E-state index contributed by atoms with van der Waals surface area (Å²) in [5.74, 6) is 2.18. The van der Waals surface area contributed by atoms with Crippen molar-refractivity contribution < 1.29 is 14.3 Å². The number of nitrogens with zero attached hydrogens (tertiary/aromatic N) is 3. The number of thioether (sulfide) groups is 1. The molecule has 160 valence electrons. The van der Waals surface area contributed by atoms with Crippen molar-refractivity contribution in [2.45, 2.75) is 13.0 Å². The molecule has 2 heterocycles. The molecule has 7 nitrogen and oxygen atoms in total. The second kappa shape index (κ2) is 11.6. The summed E-state index contributed by atoms with van der Waals surface area (Å²) in [7, 11) is 1.61. The fourth-order valence-corrected chi connectivity index (χ4v) is 4.05. The summed E-state index contributed by atoms with van der Waals surface area (Å²) in [4.78, 5) is 33.1. The average Bonchev–Trinajstić information content (AvgIpc) is 2.79. The van der Waals surface area contributed by atoms with Gasteiger partial charge in [-0.2, -0.15) is 11.8 Å². The molecule has 0 saturated carbocycles. The van der Waals surface area contributed by atoms with Crippen molar-refractivity contribution in [2.24, 2.45) is 0 Å². The molecule has 1 aromatic heterocycles. The fraction of sp³-hybridized carbons (Fsp3) is 0.409. The Hall–Kier alpha value is -2.58. The minimum absolute atomic E-state index is 0.160. The number of benzene rings is 1. The lowest BCUT2D eigenvalue weighted by Gasteiger charge is -2.26. The van der Waals surface area contributed by atoms with Gasteiger partial charge in [-0.3, -0.25) is 9.78 Å². The highest BCUT2D eigenvalue weighted by Crippen LogP contribution is 2.15. The average molecular weight is 429 g/mol. The lowest BCUT2D eigenvalue weighted by atomic mass is 10.1. The number of carbonyl (C=O) groups excluding carboxylic acids is 2. The van der Waals surface area contributed by atoms with E-state index in [4.69, 9.17) is 4.74 Å². The van der Waals surface area contributed by atoms with Crippen LogP contribution in [0.3, 0.4) is 0 Å². The van der Waals surface area contributed by atoms with Gasteiger partial charge in [-0.25, -0.2) is 4.79 Å². The number of urea groups is 1. The SMILES string of the molecule is COCCN(Cc1ccccn1)C(=O)Nc1ccc(CC(=O)N2CCSCC2)cc1. The molecule has 1 saturated heterocycles. The van der Waals surface area contributed by atoms with Crippen LogP contribution in [0.4, 0.5) is 10.5 Å². The molecule has 0 bridgehead atoms. The number of ether oxygens (including phenoxy) is 1. The van der Waals surface area contributed by atoms with E-state index in [9.17, 15) is 9.59 Å². The van der Waals surface area contributed by atoms with Gasteiger partial charge in [-0.05, 0) is 29.8 Å². The van der Waals surface area contributed by atoms with Crippen molar-refractivity contribution in [3.05, 3.63) is 59.9 Å². The van der Waals surface area contributed by atoms with E-state index in [-0.39, 0.29) is 11.9 Å². The van der Waals surface area contributed by atoms with Crippen molar-refractivity contribution in [1.29, 1.82) is 0 Å². The van der Waals surface area contributed by atoms with Crippen LogP contribution in [-0.4, -0.2) is 71.6 Å². The van der Waals surface area contributed by atoms with Crippen LogP contribution in [0.2, 0.25) is 0 Å². The lowest BCUT2D eigenvalue weighted by Crippen LogP contribution is -2.38.